The molecular formula is C11H12BrFN2O. The van der Waals surface area contributed by atoms with E-state index < -0.39 is 6.04 Å². The standard InChI is InChI=1S/C11H12BrFN2O/c12-6-1-2-8(13)7(5-6)11-9(14)3-4-10(16)15-11/h1-2,5,9,11H,3-4,14H2,(H,15,16). The van der Waals surface area contributed by atoms with Gasteiger partial charge in [-0.25, -0.2) is 4.39 Å². The first-order chi connectivity index (χ1) is 7.58. The van der Waals surface area contributed by atoms with Crippen LogP contribution in [0.3, 0.4) is 0 Å². The summed E-state index contributed by atoms with van der Waals surface area (Å²) < 4.78 is 14.4. The lowest BCUT2D eigenvalue weighted by Crippen LogP contribution is -2.46. The molecule has 0 bridgehead atoms. The number of hydrogen-bond acceptors (Lipinski definition) is 2. The Morgan fingerprint density at radius 3 is 3.00 bits per heavy atom. The van der Waals surface area contributed by atoms with Crippen LogP contribution in [0, 0.1) is 5.82 Å². The van der Waals surface area contributed by atoms with Crippen LogP contribution >= 0.6 is 15.9 Å². The van der Waals surface area contributed by atoms with Gasteiger partial charge in [0.2, 0.25) is 5.91 Å². The molecule has 2 atom stereocenters. The Kier molecular flexibility index (Phi) is 3.25. The third-order valence-electron chi connectivity index (χ3n) is 2.74. The van der Waals surface area contributed by atoms with Crippen LogP contribution < -0.4 is 11.1 Å². The molecule has 1 saturated heterocycles. The second kappa shape index (κ2) is 4.51. The molecule has 0 radical (unpaired) electrons. The van der Waals surface area contributed by atoms with E-state index in [2.05, 4.69) is 21.2 Å². The van der Waals surface area contributed by atoms with E-state index in [0.717, 1.165) is 4.47 Å². The van der Waals surface area contributed by atoms with Gasteiger partial charge in [-0.3, -0.25) is 4.79 Å². The number of hydrogen-bond donors (Lipinski definition) is 2. The fourth-order valence-corrected chi connectivity index (χ4v) is 2.26. The quantitative estimate of drug-likeness (QED) is 0.828. The summed E-state index contributed by atoms with van der Waals surface area (Å²) in [4.78, 5) is 11.3. The molecule has 16 heavy (non-hydrogen) atoms. The third-order valence-corrected chi connectivity index (χ3v) is 3.24. The van der Waals surface area contributed by atoms with Gasteiger partial charge in [0, 0.05) is 22.5 Å². The number of carbonyl (C=O) groups is 1. The highest BCUT2D eigenvalue weighted by Gasteiger charge is 2.29. The molecule has 1 aliphatic heterocycles. The van der Waals surface area contributed by atoms with E-state index in [1.807, 2.05) is 0 Å². The number of benzene rings is 1. The smallest absolute Gasteiger partial charge is 0.220 e. The van der Waals surface area contributed by atoms with Crippen molar-refractivity contribution in [3.63, 3.8) is 0 Å². The highest BCUT2D eigenvalue weighted by atomic mass is 79.9. The normalized spacial score (nSPS) is 25.3. The third kappa shape index (κ3) is 2.25. The molecule has 1 aromatic carbocycles. The van der Waals surface area contributed by atoms with Gasteiger partial charge >= 0.3 is 0 Å². The molecular weight excluding hydrogens is 275 g/mol. The number of piperidine rings is 1. The Morgan fingerprint density at radius 1 is 1.50 bits per heavy atom. The molecule has 1 fully saturated rings. The van der Waals surface area contributed by atoms with Crippen LogP contribution in [0.1, 0.15) is 24.4 Å². The molecule has 3 nitrogen and oxygen atoms in total. The van der Waals surface area contributed by atoms with Crippen molar-refractivity contribution in [2.75, 3.05) is 0 Å². The van der Waals surface area contributed by atoms with Crippen molar-refractivity contribution in [2.45, 2.75) is 24.9 Å². The van der Waals surface area contributed by atoms with Crippen molar-refractivity contribution < 1.29 is 9.18 Å². The zero-order chi connectivity index (χ0) is 11.7. The second-order valence-corrected chi connectivity index (χ2v) is 4.83. The molecule has 5 heteroatoms. The van der Waals surface area contributed by atoms with Crippen molar-refractivity contribution in [1.29, 1.82) is 0 Å². The maximum absolute atomic E-state index is 13.6. The zero-order valence-electron chi connectivity index (χ0n) is 8.54. The van der Waals surface area contributed by atoms with E-state index in [1.165, 1.54) is 6.07 Å². The monoisotopic (exact) mass is 286 g/mol. The van der Waals surface area contributed by atoms with E-state index in [-0.39, 0.29) is 17.8 Å². The van der Waals surface area contributed by atoms with Gasteiger partial charge < -0.3 is 11.1 Å². The van der Waals surface area contributed by atoms with Gasteiger partial charge in [-0.2, -0.15) is 0 Å². The van der Waals surface area contributed by atoms with Gasteiger partial charge in [0.05, 0.1) is 6.04 Å². The average Bonchev–Trinajstić information content (AvgIpc) is 2.25. The SMILES string of the molecule is NC1CCC(=O)NC1c1cc(Br)ccc1F. The van der Waals surface area contributed by atoms with Crippen molar-refractivity contribution in [3.8, 4) is 0 Å². The minimum absolute atomic E-state index is 0.0777. The molecule has 2 unspecified atom stereocenters. The molecule has 86 valence electrons. The first-order valence-electron chi connectivity index (χ1n) is 5.08. The predicted molar refractivity (Wildman–Crippen MR) is 62.2 cm³/mol. The van der Waals surface area contributed by atoms with Crippen LogP contribution in [-0.2, 0) is 4.79 Å². The first-order valence-corrected chi connectivity index (χ1v) is 5.87. The number of rotatable bonds is 1. The topological polar surface area (TPSA) is 55.1 Å². The van der Waals surface area contributed by atoms with Crippen molar-refractivity contribution in [2.24, 2.45) is 5.73 Å². The maximum Gasteiger partial charge on any atom is 0.220 e. The summed E-state index contributed by atoms with van der Waals surface area (Å²) in [6.07, 6.45) is 0.996. The van der Waals surface area contributed by atoms with Gasteiger partial charge in [0.1, 0.15) is 5.82 Å². The summed E-state index contributed by atoms with van der Waals surface area (Å²) in [5, 5.41) is 2.73. The molecule has 1 amide bonds. The summed E-state index contributed by atoms with van der Waals surface area (Å²) in [6.45, 7) is 0. The second-order valence-electron chi connectivity index (χ2n) is 3.91. The van der Waals surface area contributed by atoms with E-state index >= 15 is 0 Å². The Bertz CT molecular complexity index is 424. The van der Waals surface area contributed by atoms with Crippen LogP contribution in [-0.4, -0.2) is 11.9 Å². The molecule has 1 heterocycles. The number of amides is 1. The lowest BCUT2D eigenvalue weighted by Gasteiger charge is -2.30. The number of nitrogens with two attached hydrogens (primary N) is 1. The largest absolute Gasteiger partial charge is 0.348 e. The zero-order valence-corrected chi connectivity index (χ0v) is 10.1. The summed E-state index contributed by atoms with van der Waals surface area (Å²) in [6, 6.07) is 3.98. The Hall–Kier alpha value is -0.940. The molecule has 1 aromatic rings. The van der Waals surface area contributed by atoms with Crippen LogP contribution in [0.5, 0.6) is 0 Å². The van der Waals surface area contributed by atoms with E-state index in [1.54, 1.807) is 12.1 Å². The van der Waals surface area contributed by atoms with Gasteiger partial charge in [-0.1, -0.05) is 15.9 Å². The highest BCUT2D eigenvalue weighted by Crippen LogP contribution is 2.27. The Labute approximate surface area is 101 Å². The summed E-state index contributed by atoms with van der Waals surface area (Å²) >= 11 is 3.28. The summed E-state index contributed by atoms with van der Waals surface area (Å²) in [7, 11) is 0. The predicted octanol–water partition coefficient (Wildman–Crippen LogP) is 1.87. The van der Waals surface area contributed by atoms with Gasteiger partial charge in [0.25, 0.3) is 0 Å². The summed E-state index contributed by atoms with van der Waals surface area (Å²) in [5.41, 5.74) is 6.34. The molecule has 0 saturated carbocycles. The van der Waals surface area contributed by atoms with E-state index in [9.17, 15) is 9.18 Å². The first kappa shape index (κ1) is 11.5. The van der Waals surface area contributed by atoms with Gasteiger partial charge in [0.15, 0.2) is 0 Å². The number of halogens is 2. The van der Waals surface area contributed by atoms with E-state index in [4.69, 9.17) is 5.73 Å². The average molecular weight is 287 g/mol. The molecule has 1 aliphatic rings. The molecule has 0 aliphatic carbocycles. The molecule has 3 N–H and O–H groups in total. The van der Waals surface area contributed by atoms with Crippen molar-refractivity contribution in [1.82, 2.24) is 5.32 Å². The lowest BCUT2D eigenvalue weighted by atomic mass is 9.92. The Morgan fingerprint density at radius 2 is 2.25 bits per heavy atom. The van der Waals surface area contributed by atoms with Crippen molar-refractivity contribution >= 4 is 21.8 Å². The number of nitrogens with one attached hydrogen (secondary N) is 1. The van der Waals surface area contributed by atoms with Crippen molar-refractivity contribution in [3.05, 3.63) is 34.1 Å². The van der Waals surface area contributed by atoms with Crippen LogP contribution in [0.2, 0.25) is 0 Å². The van der Waals surface area contributed by atoms with Crippen LogP contribution in [0.4, 0.5) is 4.39 Å². The fraction of sp³-hybridized carbons (Fsp3) is 0.364. The minimum atomic E-state index is -0.432. The molecule has 0 aromatic heterocycles. The highest BCUT2D eigenvalue weighted by molar-refractivity contribution is 9.10. The fourth-order valence-electron chi connectivity index (χ4n) is 1.88. The molecule has 2 rings (SSSR count). The van der Waals surface area contributed by atoms with Gasteiger partial charge in [-0.15, -0.1) is 0 Å². The minimum Gasteiger partial charge on any atom is -0.348 e. The maximum atomic E-state index is 13.6. The molecule has 0 spiro atoms. The lowest BCUT2D eigenvalue weighted by molar-refractivity contribution is -0.123. The van der Waals surface area contributed by atoms with Crippen LogP contribution in [0.15, 0.2) is 22.7 Å². The number of carbonyl (C=O) groups excluding carboxylic acids is 1. The Balaban J connectivity index is 2.34. The summed E-state index contributed by atoms with van der Waals surface area (Å²) in [5.74, 6) is -0.420. The van der Waals surface area contributed by atoms with Gasteiger partial charge in [-0.05, 0) is 24.6 Å². The van der Waals surface area contributed by atoms with Crippen LogP contribution in [0.25, 0.3) is 0 Å². The van der Waals surface area contributed by atoms with E-state index in [0.29, 0.717) is 18.4 Å².